The van der Waals surface area contributed by atoms with E-state index in [1.165, 1.54) is 0 Å². The van der Waals surface area contributed by atoms with Gasteiger partial charge in [0.15, 0.2) is 0 Å². The zero-order valence-corrected chi connectivity index (χ0v) is 7.41. The van der Waals surface area contributed by atoms with Crippen molar-refractivity contribution in [3.63, 3.8) is 0 Å². The summed E-state index contributed by atoms with van der Waals surface area (Å²) >= 11 is 0. The summed E-state index contributed by atoms with van der Waals surface area (Å²) in [7, 11) is 0. The fourth-order valence-electron chi connectivity index (χ4n) is 1.44. The number of rotatable bonds is 2. The highest BCUT2D eigenvalue weighted by Crippen LogP contribution is 2.39. The number of carboxylic acid groups (broad SMARTS) is 1. The molecule has 0 amide bonds. The van der Waals surface area contributed by atoms with Crippen molar-refractivity contribution in [3.8, 4) is 0 Å². The van der Waals surface area contributed by atoms with Gasteiger partial charge in [0.05, 0.1) is 19.8 Å². The summed E-state index contributed by atoms with van der Waals surface area (Å²) in [5.41, 5.74) is -0.111. The van der Waals surface area contributed by atoms with Crippen molar-refractivity contribution >= 4 is 5.97 Å². The van der Waals surface area contributed by atoms with Crippen LogP contribution in [0.5, 0.6) is 0 Å². The Labute approximate surface area is 75.6 Å². The summed E-state index contributed by atoms with van der Waals surface area (Å²) in [4.78, 5) is 10.5. The molecule has 0 aromatic heterocycles. The second-order valence-electron chi connectivity index (χ2n) is 3.93. The molecule has 3 fully saturated rings. The molecule has 0 aromatic rings. The molecular weight excluding hydrogens is 176 g/mol. The maximum atomic E-state index is 10.5. The Morgan fingerprint density at radius 3 is 2.15 bits per heavy atom. The van der Waals surface area contributed by atoms with Crippen molar-refractivity contribution < 1.29 is 24.1 Å². The third-order valence-electron chi connectivity index (χ3n) is 2.29. The summed E-state index contributed by atoms with van der Waals surface area (Å²) in [5.74, 6) is -2.30. The quantitative estimate of drug-likeness (QED) is 0.670. The lowest BCUT2D eigenvalue weighted by Gasteiger charge is -2.49. The first kappa shape index (κ1) is 8.93. The number of hydrogen-bond acceptors (Lipinski definition) is 4. The van der Waals surface area contributed by atoms with Gasteiger partial charge in [0.25, 0.3) is 5.97 Å². The number of fused-ring (bicyclic) bond motifs is 3. The minimum atomic E-state index is -1.32. The van der Waals surface area contributed by atoms with Crippen molar-refractivity contribution in [1.29, 1.82) is 0 Å². The van der Waals surface area contributed by atoms with E-state index in [2.05, 4.69) is 0 Å². The molecule has 0 saturated carbocycles. The van der Waals surface area contributed by atoms with Crippen molar-refractivity contribution in [2.24, 2.45) is 5.41 Å². The lowest BCUT2D eigenvalue weighted by Crippen LogP contribution is -2.59. The minimum Gasteiger partial charge on any atom is -0.481 e. The maximum Gasteiger partial charge on any atom is 0.311 e. The molecule has 3 aliphatic heterocycles. The lowest BCUT2D eigenvalue weighted by atomic mass is 9.91. The number of carboxylic acids is 1. The molecule has 0 radical (unpaired) electrons. The fourth-order valence-corrected chi connectivity index (χ4v) is 1.44. The summed E-state index contributed by atoms with van der Waals surface area (Å²) in [5, 5.41) is 8.60. The zero-order chi connectivity index (χ0) is 9.53. The van der Waals surface area contributed by atoms with Gasteiger partial charge in [0, 0.05) is 5.41 Å². The van der Waals surface area contributed by atoms with E-state index >= 15 is 0 Å². The molecule has 0 atom stereocenters. The standard InChI is InChI=1S/C8H12O5/c1-7-3-11-8(12-4-7,13-5-7)2-6(9)10/h2-5H2,1H3,(H,9,10). The van der Waals surface area contributed by atoms with E-state index in [-0.39, 0.29) is 11.8 Å². The van der Waals surface area contributed by atoms with Crippen molar-refractivity contribution in [3.05, 3.63) is 0 Å². The van der Waals surface area contributed by atoms with Gasteiger partial charge in [0.1, 0.15) is 6.42 Å². The number of ether oxygens (including phenoxy) is 3. The normalized spacial score (nSPS) is 43.5. The monoisotopic (exact) mass is 188 g/mol. The smallest absolute Gasteiger partial charge is 0.311 e. The molecule has 74 valence electrons. The SMILES string of the molecule is CC12COC(CC(=O)O)(OC1)OC2. The van der Waals surface area contributed by atoms with Crippen molar-refractivity contribution in [2.75, 3.05) is 19.8 Å². The molecule has 3 heterocycles. The minimum absolute atomic E-state index is 0.111. The highest BCUT2D eigenvalue weighted by atomic mass is 16.9. The van der Waals surface area contributed by atoms with E-state index in [0.29, 0.717) is 19.8 Å². The number of carbonyl (C=O) groups is 1. The summed E-state index contributed by atoms with van der Waals surface area (Å²) < 4.78 is 15.8. The molecule has 13 heavy (non-hydrogen) atoms. The van der Waals surface area contributed by atoms with E-state index in [1.807, 2.05) is 6.92 Å². The van der Waals surface area contributed by atoms with E-state index in [1.54, 1.807) is 0 Å². The van der Waals surface area contributed by atoms with Gasteiger partial charge in [-0.05, 0) is 0 Å². The van der Waals surface area contributed by atoms with Gasteiger partial charge in [0.2, 0.25) is 0 Å². The van der Waals surface area contributed by atoms with Crippen LogP contribution in [0.15, 0.2) is 0 Å². The number of hydrogen-bond donors (Lipinski definition) is 1. The molecule has 5 nitrogen and oxygen atoms in total. The van der Waals surface area contributed by atoms with Crippen LogP contribution in [0, 0.1) is 5.41 Å². The van der Waals surface area contributed by atoms with Crippen LogP contribution in [0.25, 0.3) is 0 Å². The van der Waals surface area contributed by atoms with Crippen LogP contribution in [-0.4, -0.2) is 36.9 Å². The van der Waals surface area contributed by atoms with Crippen molar-refractivity contribution in [1.82, 2.24) is 0 Å². The molecule has 3 rings (SSSR count). The molecule has 1 N–H and O–H groups in total. The first-order chi connectivity index (χ1) is 6.04. The highest BCUT2D eigenvalue weighted by molar-refractivity contribution is 5.67. The average Bonchev–Trinajstić information content (AvgIpc) is 2.07. The molecule has 0 unspecified atom stereocenters. The van der Waals surface area contributed by atoms with Gasteiger partial charge in [-0.25, -0.2) is 0 Å². The summed E-state index contributed by atoms with van der Waals surface area (Å²) in [6.45, 7) is 3.48. The number of aliphatic carboxylic acids is 1. The Bertz CT molecular complexity index is 212. The largest absolute Gasteiger partial charge is 0.481 e. The average molecular weight is 188 g/mol. The molecule has 3 aliphatic rings. The van der Waals surface area contributed by atoms with Crippen LogP contribution in [0.2, 0.25) is 0 Å². The third-order valence-corrected chi connectivity index (χ3v) is 2.29. The Morgan fingerprint density at radius 1 is 1.31 bits per heavy atom. The third kappa shape index (κ3) is 1.54. The van der Waals surface area contributed by atoms with Crippen molar-refractivity contribution in [2.45, 2.75) is 19.3 Å². The van der Waals surface area contributed by atoms with Gasteiger partial charge >= 0.3 is 5.97 Å². The topological polar surface area (TPSA) is 65.0 Å². The Balaban J connectivity index is 2.07. The maximum absolute atomic E-state index is 10.5. The van der Waals surface area contributed by atoms with Gasteiger partial charge in [-0.2, -0.15) is 0 Å². The Hall–Kier alpha value is -0.650. The van der Waals surface area contributed by atoms with E-state index in [4.69, 9.17) is 19.3 Å². The molecule has 3 saturated heterocycles. The zero-order valence-electron chi connectivity index (χ0n) is 7.41. The van der Waals surface area contributed by atoms with Gasteiger partial charge in [-0.3, -0.25) is 4.79 Å². The molecule has 2 bridgehead atoms. The van der Waals surface area contributed by atoms with E-state index in [0.717, 1.165) is 0 Å². The van der Waals surface area contributed by atoms with E-state index < -0.39 is 11.9 Å². The second-order valence-corrected chi connectivity index (χ2v) is 3.93. The molecular formula is C8H12O5. The van der Waals surface area contributed by atoms with Crippen LogP contribution in [0.4, 0.5) is 0 Å². The molecule has 0 aliphatic carbocycles. The predicted octanol–water partition coefficient (Wildman–Crippen LogP) is 0.198. The Kier molecular flexibility index (Phi) is 1.83. The lowest BCUT2D eigenvalue weighted by molar-refractivity contribution is -0.464. The van der Waals surface area contributed by atoms with Crippen LogP contribution in [0.3, 0.4) is 0 Å². The van der Waals surface area contributed by atoms with Gasteiger partial charge in [-0.15, -0.1) is 0 Å². The second kappa shape index (κ2) is 2.67. The van der Waals surface area contributed by atoms with Crippen LogP contribution in [0.1, 0.15) is 13.3 Å². The summed E-state index contributed by atoms with van der Waals surface area (Å²) in [6.07, 6.45) is -0.261. The Morgan fingerprint density at radius 2 is 1.77 bits per heavy atom. The van der Waals surface area contributed by atoms with Gasteiger partial charge < -0.3 is 19.3 Å². The molecule has 0 aromatic carbocycles. The van der Waals surface area contributed by atoms with Crippen LogP contribution in [-0.2, 0) is 19.0 Å². The first-order valence-corrected chi connectivity index (χ1v) is 4.17. The van der Waals surface area contributed by atoms with Crippen LogP contribution >= 0.6 is 0 Å². The summed E-state index contributed by atoms with van der Waals surface area (Å²) in [6, 6.07) is 0. The molecule has 0 spiro atoms. The predicted molar refractivity (Wildman–Crippen MR) is 40.9 cm³/mol. The van der Waals surface area contributed by atoms with Gasteiger partial charge in [-0.1, -0.05) is 6.92 Å². The van der Waals surface area contributed by atoms with Crippen LogP contribution < -0.4 is 0 Å². The molecule has 5 heteroatoms. The highest BCUT2D eigenvalue weighted by Gasteiger charge is 2.51. The first-order valence-electron chi connectivity index (χ1n) is 4.17. The fraction of sp³-hybridized carbons (Fsp3) is 0.875. The van der Waals surface area contributed by atoms with E-state index in [9.17, 15) is 4.79 Å².